The SMILES string of the molecule is NCC(F)(F)CNC(=O)c1cnn(-c2ncccc2Cl)c1C(F)(F)F. The Labute approximate surface area is 142 Å². The quantitative estimate of drug-likeness (QED) is 0.776. The fourth-order valence-corrected chi connectivity index (χ4v) is 2.06. The number of hydrogen-bond acceptors (Lipinski definition) is 4. The fraction of sp³-hybridized carbons (Fsp3) is 0.308. The van der Waals surface area contributed by atoms with Crippen LogP contribution in [0.4, 0.5) is 22.0 Å². The molecule has 1 amide bonds. The number of aromatic nitrogens is 3. The van der Waals surface area contributed by atoms with Crippen LogP contribution in [-0.2, 0) is 6.18 Å². The maximum Gasteiger partial charge on any atom is 0.434 e. The Bertz CT molecular complexity index is 776. The molecule has 0 fully saturated rings. The van der Waals surface area contributed by atoms with Gasteiger partial charge in [0.25, 0.3) is 11.8 Å². The molecule has 0 aromatic carbocycles. The van der Waals surface area contributed by atoms with Gasteiger partial charge in [0.05, 0.1) is 29.9 Å². The summed E-state index contributed by atoms with van der Waals surface area (Å²) in [6.45, 7) is -2.28. The number of pyridine rings is 1. The summed E-state index contributed by atoms with van der Waals surface area (Å²) >= 11 is 5.81. The second kappa shape index (κ2) is 6.92. The lowest BCUT2D eigenvalue weighted by molar-refractivity contribution is -0.143. The summed E-state index contributed by atoms with van der Waals surface area (Å²) in [6.07, 6.45) is -3.23. The first-order chi connectivity index (χ1) is 11.6. The van der Waals surface area contributed by atoms with Gasteiger partial charge in [0.1, 0.15) is 0 Å². The minimum atomic E-state index is -5.01. The van der Waals surface area contributed by atoms with E-state index in [1.54, 1.807) is 5.32 Å². The molecule has 2 heterocycles. The molecule has 0 aliphatic heterocycles. The van der Waals surface area contributed by atoms with E-state index in [0.717, 1.165) is 0 Å². The number of hydrogen-bond donors (Lipinski definition) is 2. The molecule has 25 heavy (non-hydrogen) atoms. The summed E-state index contributed by atoms with van der Waals surface area (Å²) < 4.78 is 66.6. The van der Waals surface area contributed by atoms with Gasteiger partial charge in [0.2, 0.25) is 0 Å². The first-order valence-corrected chi connectivity index (χ1v) is 7.07. The summed E-state index contributed by atoms with van der Waals surface area (Å²) in [5, 5.41) is 5.04. The lowest BCUT2D eigenvalue weighted by Crippen LogP contribution is -2.41. The van der Waals surface area contributed by atoms with Gasteiger partial charge in [-0.25, -0.2) is 18.4 Å². The zero-order valence-corrected chi connectivity index (χ0v) is 13.1. The van der Waals surface area contributed by atoms with Crippen molar-refractivity contribution < 1.29 is 26.7 Å². The molecular weight excluding hydrogens is 373 g/mol. The highest BCUT2D eigenvalue weighted by atomic mass is 35.5. The number of alkyl halides is 5. The molecule has 0 spiro atoms. The summed E-state index contributed by atoms with van der Waals surface area (Å²) in [7, 11) is 0. The van der Waals surface area contributed by atoms with Crippen LogP contribution in [0, 0.1) is 0 Å². The molecule has 3 N–H and O–H groups in total. The van der Waals surface area contributed by atoms with Crippen molar-refractivity contribution in [3.05, 3.63) is 40.8 Å². The molecule has 0 unspecified atom stereocenters. The highest BCUT2D eigenvalue weighted by molar-refractivity contribution is 6.32. The lowest BCUT2D eigenvalue weighted by Gasteiger charge is -2.15. The standard InChI is InChI=1S/C13H11ClF5N5O/c14-8-2-1-3-21-10(8)24-9(13(17,18)19)7(4-23-24)11(25)22-6-12(15,16)5-20/h1-4H,5-6,20H2,(H,22,25). The van der Waals surface area contributed by atoms with Gasteiger partial charge in [-0.1, -0.05) is 11.6 Å². The van der Waals surface area contributed by atoms with Crippen molar-refractivity contribution in [2.45, 2.75) is 12.1 Å². The van der Waals surface area contributed by atoms with Gasteiger partial charge < -0.3 is 11.1 Å². The van der Waals surface area contributed by atoms with Crippen LogP contribution in [0.5, 0.6) is 0 Å². The van der Waals surface area contributed by atoms with E-state index in [9.17, 15) is 26.7 Å². The van der Waals surface area contributed by atoms with Gasteiger partial charge >= 0.3 is 6.18 Å². The van der Waals surface area contributed by atoms with Crippen molar-refractivity contribution in [1.82, 2.24) is 20.1 Å². The smallest absolute Gasteiger partial charge is 0.346 e. The summed E-state index contributed by atoms with van der Waals surface area (Å²) in [5.41, 5.74) is 2.38. The minimum absolute atomic E-state index is 0.141. The van der Waals surface area contributed by atoms with Gasteiger partial charge in [-0.05, 0) is 12.1 Å². The van der Waals surface area contributed by atoms with Crippen LogP contribution >= 0.6 is 11.6 Å². The Hall–Kier alpha value is -2.27. The van der Waals surface area contributed by atoms with Gasteiger partial charge in [0, 0.05) is 6.20 Å². The van der Waals surface area contributed by atoms with Crippen LogP contribution in [0.3, 0.4) is 0 Å². The number of nitrogens with one attached hydrogen (secondary N) is 1. The fourth-order valence-electron chi connectivity index (χ4n) is 1.86. The zero-order valence-electron chi connectivity index (χ0n) is 12.3. The molecule has 0 atom stereocenters. The van der Waals surface area contributed by atoms with E-state index in [1.807, 2.05) is 0 Å². The number of nitrogens with zero attached hydrogens (tertiary/aromatic N) is 3. The van der Waals surface area contributed by atoms with Gasteiger partial charge in [-0.2, -0.15) is 18.3 Å². The zero-order chi connectivity index (χ0) is 18.8. The predicted molar refractivity (Wildman–Crippen MR) is 77.7 cm³/mol. The molecular formula is C13H11ClF5N5O. The molecule has 2 aromatic rings. The molecule has 2 rings (SSSR count). The molecule has 0 aliphatic carbocycles. The van der Waals surface area contributed by atoms with Crippen LogP contribution in [0.25, 0.3) is 5.82 Å². The second-order valence-electron chi connectivity index (χ2n) is 4.87. The van der Waals surface area contributed by atoms with Crippen LogP contribution in [0.2, 0.25) is 5.02 Å². The van der Waals surface area contributed by atoms with E-state index >= 15 is 0 Å². The molecule has 12 heteroatoms. The van der Waals surface area contributed by atoms with Gasteiger partial charge in [-0.3, -0.25) is 4.79 Å². The normalized spacial score (nSPS) is 12.3. The Morgan fingerprint density at radius 2 is 2.00 bits per heavy atom. The van der Waals surface area contributed by atoms with E-state index < -0.39 is 42.4 Å². The largest absolute Gasteiger partial charge is 0.434 e. The van der Waals surface area contributed by atoms with Crippen LogP contribution in [0.15, 0.2) is 24.5 Å². The van der Waals surface area contributed by atoms with E-state index in [4.69, 9.17) is 17.3 Å². The van der Waals surface area contributed by atoms with E-state index in [0.29, 0.717) is 10.9 Å². The maximum absolute atomic E-state index is 13.4. The number of carbonyl (C=O) groups excluding carboxylic acids is 1. The van der Waals surface area contributed by atoms with E-state index in [-0.39, 0.29) is 10.8 Å². The molecule has 136 valence electrons. The Morgan fingerprint density at radius 1 is 1.32 bits per heavy atom. The Morgan fingerprint density at radius 3 is 2.56 bits per heavy atom. The highest BCUT2D eigenvalue weighted by Gasteiger charge is 2.41. The topological polar surface area (TPSA) is 85.8 Å². The molecule has 0 bridgehead atoms. The molecule has 0 radical (unpaired) electrons. The van der Waals surface area contributed by atoms with E-state index in [2.05, 4.69) is 10.1 Å². The summed E-state index contributed by atoms with van der Waals surface area (Å²) in [5.74, 6) is -5.18. The summed E-state index contributed by atoms with van der Waals surface area (Å²) in [4.78, 5) is 15.6. The van der Waals surface area contributed by atoms with Crippen molar-refractivity contribution in [3.63, 3.8) is 0 Å². The number of carbonyl (C=O) groups is 1. The Balaban J connectivity index is 2.44. The van der Waals surface area contributed by atoms with Crippen molar-refractivity contribution in [1.29, 1.82) is 0 Å². The number of nitrogens with two attached hydrogens (primary N) is 1. The summed E-state index contributed by atoms with van der Waals surface area (Å²) in [6, 6.07) is 2.68. The van der Waals surface area contributed by atoms with Crippen molar-refractivity contribution in [2.24, 2.45) is 5.73 Å². The van der Waals surface area contributed by atoms with Crippen molar-refractivity contribution >= 4 is 17.5 Å². The van der Waals surface area contributed by atoms with Crippen molar-refractivity contribution in [2.75, 3.05) is 13.1 Å². The van der Waals surface area contributed by atoms with Crippen LogP contribution < -0.4 is 11.1 Å². The third-order valence-corrected chi connectivity index (χ3v) is 3.32. The molecule has 0 saturated heterocycles. The monoisotopic (exact) mass is 383 g/mol. The predicted octanol–water partition coefficient (Wildman–Crippen LogP) is 2.26. The number of rotatable bonds is 5. The van der Waals surface area contributed by atoms with Crippen LogP contribution in [0.1, 0.15) is 16.1 Å². The first kappa shape index (κ1) is 19.1. The van der Waals surface area contributed by atoms with Crippen LogP contribution in [-0.4, -0.2) is 39.7 Å². The lowest BCUT2D eigenvalue weighted by atomic mass is 10.2. The molecule has 0 saturated carbocycles. The molecule has 2 aromatic heterocycles. The van der Waals surface area contributed by atoms with E-state index in [1.165, 1.54) is 18.3 Å². The number of halogens is 6. The van der Waals surface area contributed by atoms with Gasteiger partial charge in [-0.15, -0.1) is 0 Å². The van der Waals surface area contributed by atoms with Gasteiger partial charge in [0.15, 0.2) is 11.5 Å². The third kappa shape index (κ3) is 4.23. The van der Waals surface area contributed by atoms with Crippen molar-refractivity contribution in [3.8, 4) is 5.82 Å². The average molecular weight is 384 g/mol. The third-order valence-electron chi connectivity index (χ3n) is 3.03. The average Bonchev–Trinajstić information content (AvgIpc) is 2.98. The molecule has 6 nitrogen and oxygen atoms in total. The Kier molecular flexibility index (Phi) is 5.28. The second-order valence-corrected chi connectivity index (χ2v) is 5.28. The molecule has 0 aliphatic rings. The highest BCUT2D eigenvalue weighted by Crippen LogP contribution is 2.34. The number of amides is 1. The maximum atomic E-state index is 13.4. The minimum Gasteiger partial charge on any atom is -0.346 e. The first-order valence-electron chi connectivity index (χ1n) is 6.69.